The lowest BCUT2D eigenvalue weighted by Gasteiger charge is -2.42. The number of nitrogens with one attached hydrogen (secondary N) is 1. The van der Waals surface area contributed by atoms with Crippen molar-refractivity contribution in [3.05, 3.63) is 35.9 Å². The molecule has 0 fully saturated rings. The summed E-state index contributed by atoms with van der Waals surface area (Å²) in [5.41, 5.74) is 2.05. The molecular weight excluding hydrogens is 285 g/mol. The fourth-order valence-corrected chi connectivity index (χ4v) is 1.88. The van der Waals surface area contributed by atoms with Crippen LogP contribution in [0.3, 0.4) is 0 Å². The number of carbonyl (C=O) groups excluding carboxylic acids is 1. The van der Waals surface area contributed by atoms with E-state index < -0.39 is 17.1 Å². The van der Waals surface area contributed by atoms with Gasteiger partial charge in [0.05, 0.1) is 0 Å². The van der Waals surface area contributed by atoms with Crippen LogP contribution >= 0.6 is 0 Å². The molecule has 1 aromatic rings. The summed E-state index contributed by atoms with van der Waals surface area (Å²) in [6, 6.07) is 8.55. The Morgan fingerprint density at radius 3 is 2.32 bits per heavy atom. The SMILES string of the molecule is COC(C#CF)(ONC(=O)c1ccccc1)C(C)(C)C(C)C. The molecule has 4 nitrogen and oxygen atoms in total. The van der Waals surface area contributed by atoms with Crippen molar-refractivity contribution in [1.82, 2.24) is 5.48 Å². The minimum atomic E-state index is -1.60. The van der Waals surface area contributed by atoms with Crippen molar-refractivity contribution in [2.45, 2.75) is 33.5 Å². The van der Waals surface area contributed by atoms with Gasteiger partial charge in [-0.3, -0.25) is 4.79 Å². The predicted octanol–water partition coefficient (Wildman–Crippen LogP) is 3.30. The third-order valence-electron chi connectivity index (χ3n) is 4.11. The van der Waals surface area contributed by atoms with Crippen LogP contribution in [-0.2, 0) is 9.57 Å². The number of hydroxylamine groups is 1. The standard InChI is InChI=1S/C17H22FNO3/c1-13(2)16(3,4)17(21-5,11-12-18)22-19-15(20)14-9-7-6-8-10-14/h6-10,13H,1-5H3,(H,19,20). The summed E-state index contributed by atoms with van der Waals surface area (Å²) >= 11 is 0. The molecule has 0 spiro atoms. The third kappa shape index (κ3) is 3.65. The lowest BCUT2D eigenvalue weighted by atomic mass is 9.74. The van der Waals surface area contributed by atoms with Crippen molar-refractivity contribution in [2.75, 3.05) is 7.11 Å². The van der Waals surface area contributed by atoms with E-state index in [1.807, 2.05) is 27.7 Å². The number of hydrogen-bond donors (Lipinski definition) is 1. The molecule has 0 aromatic heterocycles. The van der Waals surface area contributed by atoms with Gasteiger partial charge >= 0.3 is 0 Å². The van der Waals surface area contributed by atoms with E-state index >= 15 is 0 Å². The Labute approximate surface area is 131 Å². The number of rotatable bonds is 6. The molecule has 0 saturated carbocycles. The molecule has 1 unspecified atom stereocenters. The van der Waals surface area contributed by atoms with Crippen LogP contribution < -0.4 is 5.48 Å². The lowest BCUT2D eigenvalue weighted by molar-refractivity contribution is -0.271. The first-order chi connectivity index (χ1) is 10.3. The summed E-state index contributed by atoms with van der Waals surface area (Å²) in [5, 5.41) is 0. The molecule has 0 heterocycles. The summed E-state index contributed by atoms with van der Waals surface area (Å²) in [6.45, 7) is 7.55. The van der Waals surface area contributed by atoms with Crippen LogP contribution in [0.2, 0.25) is 0 Å². The van der Waals surface area contributed by atoms with E-state index in [-0.39, 0.29) is 5.92 Å². The maximum absolute atomic E-state index is 12.7. The van der Waals surface area contributed by atoms with Gasteiger partial charge in [0, 0.05) is 24.0 Å². The van der Waals surface area contributed by atoms with Crippen LogP contribution in [0.15, 0.2) is 30.3 Å². The van der Waals surface area contributed by atoms with E-state index in [0.29, 0.717) is 5.56 Å². The average Bonchev–Trinajstić information content (AvgIpc) is 2.51. The first-order valence-electron chi connectivity index (χ1n) is 7.02. The van der Waals surface area contributed by atoms with E-state index in [4.69, 9.17) is 9.57 Å². The fraction of sp³-hybridized carbons (Fsp3) is 0.471. The van der Waals surface area contributed by atoms with Gasteiger partial charge in [-0.1, -0.05) is 45.9 Å². The zero-order chi connectivity index (χ0) is 16.8. The third-order valence-corrected chi connectivity index (χ3v) is 4.11. The molecule has 5 heteroatoms. The summed E-state index contributed by atoms with van der Waals surface area (Å²) < 4.78 is 18.0. The maximum Gasteiger partial charge on any atom is 0.274 e. The number of amides is 1. The van der Waals surface area contributed by atoms with Crippen molar-refractivity contribution >= 4 is 5.91 Å². The number of ether oxygens (including phenoxy) is 1. The van der Waals surface area contributed by atoms with Crippen LogP contribution in [0.1, 0.15) is 38.1 Å². The first kappa shape index (κ1) is 18.1. The highest BCUT2D eigenvalue weighted by Gasteiger charge is 2.49. The van der Waals surface area contributed by atoms with E-state index in [2.05, 4.69) is 11.4 Å². The zero-order valence-corrected chi connectivity index (χ0v) is 13.6. The van der Waals surface area contributed by atoms with Gasteiger partial charge in [-0.25, -0.2) is 10.3 Å². The largest absolute Gasteiger partial charge is 0.341 e. The predicted molar refractivity (Wildman–Crippen MR) is 82.2 cm³/mol. The monoisotopic (exact) mass is 307 g/mol. The Bertz CT molecular complexity index is 560. The van der Waals surface area contributed by atoms with Gasteiger partial charge < -0.3 is 4.74 Å². The molecule has 0 bridgehead atoms. The van der Waals surface area contributed by atoms with Gasteiger partial charge in [-0.2, -0.15) is 0 Å². The molecule has 1 amide bonds. The number of carbonyl (C=O) groups is 1. The summed E-state index contributed by atoms with van der Waals surface area (Å²) in [6.07, 6.45) is 1.33. The van der Waals surface area contributed by atoms with Gasteiger partial charge in [0.15, 0.2) is 0 Å². The molecular formula is C17H22FNO3. The summed E-state index contributed by atoms with van der Waals surface area (Å²) in [4.78, 5) is 17.5. The van der Waals surface area contributed by atoms with Gasteiger partial charge in [-0.05, 0) is 18.1 Å². The maximum atomic E-state index is 12.7. The van der Waals surface area contributed by atoms with E-state index in [9.17, 15) is 9.18 Å². The van der Waals surface area contributed by atoms with Gasteiger partial charge in [0.25, 0.3) is 11.7 Å². The Morgan fingerprint density at radius 2 is 1.86 bits per heavy atom. The summed E-state index contributed by atoms with van der Waals surface area (Å²) in [7, 11) is 1.36. The smallest absolute Gasteiger partial charge is 0.274 e. The van der Waals surface area contributed by atoms with Gasteiger partial charge in [0.2, 0.25) is 0 Å². The number of halogens is 1. The van der Waals surface area contributed by atoms with Crippen LogP contribution in [0.4, 0.5) is 4.39 Å². The van der Waals surface area contributed by atoms with Crippen LogP contribution in [0.5, 0.6) is 0 Å². The number of methoxy groups -OCH3 is 1. The second kappa shape index (κ2) is 7.39. The van der Waals surface area contributed by atoms with Gasteiger partial charge in [0.1, 0.15) is 6.17 Å². The Balaban J connectivity index is 3.00. The summed E-state index contributed by atoms with van der Waals surface area (Å²) in [5.74, 6) is 0.303. The van der Waals surface area contributed by atoms with Crippen molar-refractivity contribution in [2.24, 2.45) is 11.3 Å². The second-order valence-corrected chi connectivity index (χ2v) is 5.82. The van der Waals surface area contributed by atoms with E-state index in [1.54, 1.807) is 30.3 Å². The Hall–Kier alpha value is -1.90. The van der Waals surface area contributed by atoms with Crippen LogP contribution in [0.25, 0.3) is 0 Å². The minimum Gasteiger partial charge on any atom is -0.341 e. The van der Waals surface area contributed by atoms with Crippen molar-refractivity contribution in [1.29, 1.82) is 0 Å². The molecule has 1 rings (SSSR count). The molecule has 0 radical (unpaired) electrons. The normalized spacial score (nSPS) is 14.0. The molecule has 0 aliphatic rings. The molecule has 1 atom stereocenters. The molecule has 120 valence electrons. The molecule has 22 heavy (non-hydrogen) atoms. The van der Waals surface area contributed by atoms with Crippen LogP contribution in [-0.4, -0.2) is 18.8 Å². The number of hydrogen-bond acceptors (Lipinski definition) is 3. The quantitative estimate of drug-likeness (QED) is 0.498. The molecule has 0 aliphatic heterocycles. The van der Waals surface area contributed by atoms with E-state index in [0.717, 1.165) is 0 Å². The highest BCUT2D eigenvalue weighted by molar-refractivity contribution is 5.93. The highest BCUT2D eigenvalue weighted by atomic mass is 19.1. The Morgan fingerprint density at radius 1 is 1.27 bits per heavy atom. The highest BCUT2D eigenvalue weighted by Crippen LogP contribution is 2.40. The van der Waals surface area contributed by atoms with Crippen molar-refractivity contribution in [3.63, 3.8) is 0 Å². The van der Waals surface area contributed by atoms with Crippen molar-refractivity contribution in [3.8, 4) is 12.1 Å². The topological polar surface area (TPSA) is 47.6 Å². The molecule has 1 N–H and O–H groups in total. The fourth-order valence-electron chi connectivity index (χ4n) is 1.88. The number of benzene rings is 1. The first-order valence-corrected chi connectivity index (χ1v) is 7.02. The van der Waals surface area contributed by atoms with E-state index in [1.165, 1.54) is 13.3 Å². The Kier molecular flexibility index (Phi) is 6.10. The molecule has 0 saturated heterocycles. The van der Waals surface area contributed by atoms with Gasteiger partial charge in [-0.15, -0.1) is 4.39 Å². The lowest BCUT2D eigenvalue weighted by Crippen LogP contribution is -2.54. The molecule has 0 aliphatic carbocycles. The molecule has 1 aromatic carbocycles. The second-order valence-electron chi connectivity index (χ2n) is 5.82. The van der Waals surface area contributed by atoms with Crippen molar-refractivity contribution < 1.29 is 18.8 Å². The average molecular weight is 307 g/mol. The zero-order valence-electron chi connectivity index (χ0n) is 13.6. The minimum absolute atomic E-state index is 0.0573. The van der Waals surface area contributed by atoms with Crippen LogP contribution in [0, 0.1) is 23.4 Å².